The Morgan fingerprint density at radius 1 is 0.841 bits per heavy atom. The summed E-state index contributed by atoms with van der Waals surface area (Å²) in [6.45, 7) is 3.05. The SMILES string of the molecule is CC[C@H](C)NC(=O)[C@@H](Cc1ccccc1)N(Cc1ccc(Cl)cc1)C(=O)CN(c1ccccc1F)S(=O)(=O)c1ccccc1. The van der Waals surface area contributed by atoms with E-state index in [1.807, 2.05) is 44.2 Å². The van der Waals surface area contributed by atoms with Crippen molar-refractivity contribution in [2.75, 3.05) is 10.8 Å². The lowest BCUT2D eigenvalue weighted by molar-refractivity contribution is -0.140. The van der Waals surface area contributed by atoms with Gasteiger partial charge in [0, 0.05) is 24.0 Å². The van der Waals surface area contributed by atoms with E-state index in [2.05, 4.69) is 5.32 Å². The Balaban J connectivity index is 1.81. The molecular formula is C34H35ClFN3O4S. The van der Waals surface area contributed by atoms with E-state index in [0.29, 0.717) is 17.0 Å². The number of rotatable bonds is 13. The topological polar surface area (TPSA) is 86.8 Å². The van der Waals surface area contributed by atoms with E-state index in [-0.39, 0.29) is 35.5 Å². The van der Waals surface area contributed by atoms with Gasteiger partial charge in [0.05, 0.1) is 10.6 Å². The summed E-state index contributed by atoms with van der Waals surface area (Å²) in [5, 5.41) is 3.49. The lowest BCUT2D eigenvalue weighted by Gasteiger charge is -2.34. The molecule has 230 valence electrons. The van der Waals surface area contributed by atoms with Gasteiger partial charge in [-0.15, -0.1) is 0 Å². The maximum absolute atomic E-state index is 15.2. The van der Waals surface area contributed by atoms with Crippen LogP contribution in [-0.2, 0) is 32.6 Å². The van der Waals surface area contributed by atoms with Crippen LogP contribution in [0.15, 0.2) is 114 Å². The highest BCUT2D eigenvalue weighted by Gasteiger charge is 2.35. The van der Waals surface area contributed by atoms with Gasteiger partial charge in [-0.1, -0.05) is 91.3 Å². The van der Waals surface area contributed by atoms with Gasteiger partial charge in [-0.2, -0.15) is 0 Å². The minimum atomic E-state index is -4.38. The number of halogens is 2. The van der Waals surface area contributed by atoms with Crippen LogP contribution in [0.4, 0.5) is 10.1 Å². The number of hydrogen-bond acceptors (Lipinski definition) is 4. The predicted octanol–water partition coefficient (Wildman–Crippen LogP) is 6.23. The molecule has 4 rings (SSSR count). The van der Waals surface area contributed by atoms with Gasteiger partial charge in [-0.3, -0.25) is 13.9 Å². The molecule has 0 saturated heterocycles. The molecule has 0 saturated carbocycles. The normalized spacial score (nSPS) is 12.6. The first kappa shape index (κ1) is 32.7. The molecule has 4 aromatic carbocycles. The van der Waals surface area contributed by atoms with Crippen LogP contribution in [0.3, 0.4) is 0 Å². The van der Waals surface area contributed by atoms with Crippen molar-refractivity contribution in [1.82, 2.24) is 10.2 Å². The number of hydrogen-bond donors (Lipinski definition) is 1. The zero-order valence-electron chi connectivity index (χ0n) is 24.6. The summed E-state index contributed by atoms with van der Waals surface area (Å²) < 4.78 is 43.8. The fourth-order valence-corrected chi connectivity index (χ4v) is 6.24. The number of nitrogens with zero attached hydrogens (tertiary/aromatic N) is 2. The van der Waals surface area contributed by atoms with Crippen molar-refractivity contribution in [2.45, 2.75) is 50.2 Å². The second kappa shape index (κ2) is 15.0. The molecule has 1 N–H and O–H groups in total. The molecule has 7 nitrogen and oxygen atoms in total. The van der Waals surface area contributed by atoms with Gasteiger partial charge in [0.2, 0.25) is 11.8 Å². The van der Waals surface area contributed by atoms with Crippen LogP contribution < -0.4 is 9.62 Å². The van der Waals surface area contributed by atoms with Crippen molar-refractivity contribution in [2.24, 2.45) is 0 Å². The predicted molar refractivity (Wildman–Crippen MR) is 171 cm³/mol. The van der Waals surface area contributed by atoms with E-state index in [4.69, 9.17) is 11.6 Å². The molecule has 10 heteroatoms. The molecule has 0 fully saturated rings. The van der Waals surface area contributed by atoms with Crippen LogP contribution in [0.5, 0.6) is 0 Å². The molecule has 44 heavy (non-hydrogen) atoms. The lowest BCUT2D eigenvalue weighted by atomic mass is 10.0. The number of para-hydroxylation sites is 1. The molecule has 0 bridgehead atoms. The Kier molecular flexibility index (Phi) is 11.1. The largest absolute Gasteiger partial charge is 0.352 e. The van der Waals surface area contributed by atoms with Crippen LogP contribution in [0.2, 0.25) is 5.02 Å². The van der Waals surface area contributed by atoms with Crippen molar-refractivity contribution in [3.8, 4) is 0 Å². The molecular weight excluding hydrogens is 601 g/mol. The monoisotopic (exact) mass is 635 g/mol. The summed E-state index contributed by atoms with van der Waals surface area (Å²) >= 11 is 6.11. The molecule has 0 aliphatic carbocycles. The molecule has 0 aliphatic heterocycles. The fraction of sp³-hybridized carbons (Fsp3) is 0.235. The van der Waals surface area contributed by atoms with E-state index >= 15 is 4.39 Å². The number of anilines is 1. The molecule has 0 radical (unpaired) electrons. The van der Waals surface area contributed by atoms with E-state index in [1.165, 1.54) is 35.2 Å². The van der Waals surface area contributed by atoms with Gasteiger partial charge in [-0.25, -0.2) is 12.8 Å². The smallest absolute Gasteiger partial charge is 0.264 e. The van der Waals surface area contributed by atoms with Crippen molar-refractivity contribution in [3.63, 3.8) is 0 Å². The third kappa shape index (κ3) is 8.24. The van der Waals surface area contributed by atoms with Crippen LogP contribution in [0, 0.1) is 5.82 Å². The van der Waals surface area contributed by atoms with Crippen LogP contribution >= 0.6 is 11.6 Å². The zero-order chi connectivity index (χ0) is 31.7. The summed E-state index contributed by atoms with van der Waals surface area (Å²) in [5.74, 6) is -1.86. The first-order valence-corrected chi connectivity index (χ1v) is 16.1. The molecule has 0 spiro atoms. The van der Waals surface area contributed by atoms with Gasteiger partial charge in [0.15, 0.2) is 0 Å². The Morgan fingerprint density at radius 3 is 2.05 bits per heavy atom. The van der Waals surface area contributed by atoms with E-state index in [1.54, 1.807) is 42.5 Å². The van der Waals surface area contributed by atoms with Gasteiger partial charge in [0.25, 0.3) is 10.0 Å². The standard InChI is InChI=1S/C34H35ClFN3O4S/c1-3-25(2)37-34(41)32(22-26-12-6-4-7-13-26)38(23-27-18-20-28(35)21-19-27)33(40)24-39(31-17-11-10-16-30(31)36)44(42,43)29-14-8-5-9-15-29/h4-21,25,32H,3,22-24H2,1-2H3,(H,37,41)/t25-,32+/m0/s1. The van der Waals surface area contributed by atoms with E-state index in [0.717, 1.165) is 15.9 Å². The maximum Gasteiger partial charge on any atom is 0.264 e. The molecule has 0 aliphatic rings. The second-order valence-electron chi connectivity index (χ2n) is 10.4. The average molecular weight is 636 g/mol. The fourth-order valence-electron chi connectivity index (χ4n) is 4.67. The summed E-state index contributed by atoms with van der Waals surface area (Å²) in [6.07, 6.45) is 0.846. The second-order valence-corrected chi connectivity index (χ2v) is 12.7. The number of carbonyl (C=O) groups is 2. The van der Waals surface area contributed by atoms with Gasteiger partial charge in [0.1, 0.15) is 18.4 Å². The third-order valence-corrected chi connectivity index (χ3v) is 9.30. The van der Waals surface area contributed by atoms with Gasteiger partial charge < -0.3 is 10.2 Å². The summed E-state index contributed by atoms with van der Waals surface area (Å²) in [6, 6.07) is 27.9. The molecule has 0 heterocycles. The van der Waals surface area contributed by atoms with Gasteiger partial charge >= 0.3 is 0 Å². The summed E-state index contributed by atoms with van der Waals surface area (Å²) in [5.41, 5.74) is 1.22. The Labute approximate surface area is 263 Å². The Bertz CT molecular complexity index is 1660. The third-order valence-electron chi connectivity index (χ3n) is 7.27. The molecule has 4 aromatic rings. The Morgan fingerprint density at radius 2 is 1.43 bits per heavy atom. The van der Waals surface area contributed by atoms with Crippen LogP contribution in [-0.4, -0.2) is 43.8 Å². The number of nitrogens with one attached hydrogen (secondary N) is 1. The summed E-state index contributed by atoms with van der Waals surface area (Å²) in [4.78, 5) is 29.4. The average Bonchev–Trinajstić information content (AvgIpc) is 3.03. The van der Waals surface area contributed by atoms with Crippen molar-refractivity contribution in [3.05, 3.63) is 131 Å². The summed E-state index contributed by atoms with van der Waals surface area (Å²) in [7, 11) is -4.38. The first-order chi connectivity index (χ1) is 21.1. The highest BCUT2D eigenvalue weighted by molar-refractivity contribution is 7.92. The van der Waals surface area contributed by atoms with Crippen molar-refractivity contribution < 1.29 is 22.4 Å². The molecule has 0 unspecified atom stereocenters. The highest BCUT2D eigenvalue weighted by Crippen LogP contribution is 2.27. The minimum absolute atomic E-state index is 0.0159. The maximum atomic E-state index is 15.2. The minimum Gasteiger partial charge on any atom is -0.352 e. The number of benzene rings is 4. The quantitative estimate of drug-likeness (QED) is 0.189. The van der Waals surface area contributed by atoms with Crippen molar-refractivity contribution in [1.29, 1.82) is 0 Å². The highest BCUT2D eigenvalue weighted by atomic mass is 35.5. The molecule has 2 atom stereocenters. The van der Waals surface area contributed by atoms with E-state index < -0.39 is 34.3 Å². The Hall–Kier alpha value is -4.21. The van der Waals surface area contributed by atoms with Gasteiger partial charge in [-0.05, 0) is 60.9 Å². The van der Waals surface area contributed by atoms with Crippen molar-refractivity contribution >= 4 is 39.1 Å². The molecule has 0 aromatic heterocycles. The zero-order valence-corrected chi connectivity index (χ0v) is 26.1. The molecule has 2 amide bonds. The van der Waals surface area contributed by atoms with Crippen LogP contribution in [0.1, 0.15) is 31.4 Å². The number of carbonyl (C=O) groups excluding carboxylic acids is 2. The lowest BCUT2D eigenvalue weighted by Crippen LogP contribution is -2.54. The first-order valence-electron chi connectivity index (χ1n) is 14.3. The number of amides is 2. The van der Waals surface area contributed by atoms with Crippen LogP contribution in [0.25, 0.3) is 0 Å². The number of sulfonamides is 1. The van der Waals surface area contributed by atoms with E-state index in [9.17, 15) is 18.0 Å².